The number of hydrogen-bond acceptors (Lipinski definition) is 1. The molecule has 72 valence electrons. The topological polar surface area (TPSA) is 9.23 Å². The molecule has 1 aromatic rings. The van der Waals surface area contributed by atoms with Crippen LogP contribution >= 0.6 is 0 Å². The molecule has 2 heteroatoms. The monoisotopic (exact) mass is 221 g/mol. The average Bonchev–Trinajstić information content (AvgIpc) is 2.58. The van der Waals surface area contributed by atoms with Gasteiger partial charge in [0.2, 0.25) is 0 Å². The predicted molar refractivity (Wildman–Crippen MR) is 53.4 cm³/mol. The van der Waals surface area contributed by atoms with Crippen molar-refractivity contribution < 1.29 is 26.5 Å². The molecule has 0 saturated heterocycles. The van der Waals surface area contributed by atoms with Crippen LogP contribution in [0.2, 0.25) is 0 Å². The van der Waals surface area contributed by atoms with Gasteiger partial charge in [0.15, 0.2) is 0 Å². The van der Waals surface area contributed by atoms with Crippen LogP contribution in [-0.2, 0) is 26.5 Å². The van der Waals surface area contributed by atoms with Crippen molar-refractivity contribution in [1.82, 2.24) is 0 Å². The zero-order chi connectivity index (χ0) is 9.10. The first-order valence-electron chi connectivity index (χ1n) is 4.59. The van der Waals surface area contributed by atoms with E-state index in [1.165, 1.54) is 11.1 Å². The maximum Gasteiger partial charge on any atom is 0.0455 e. The number of benzene rings is 1. The molecule has 1 atom stereocenters. The molecule has 1 aliphatic rings. The van der Waals surface area contributed by atoms with Crippen LogP contribution in [0.5, 0.6) is 0 Å². The van der Waals surface area contributed by atoms with Crippen LogP contribution in [0.25, 0.3) is 6.08 Å². The Bertz CT molecular complexity index is 320. The Morgan fingerprint density at radius 1 is 1.36 bits per heavy atom. The normalized spacial score (nSPS) is 17.6. The molecule has 1 aliphatic carbocycles. The van der Waals surface area contributed by atoms with Gasteiger partial charge in [-0.15, -0.1) is 11.6 Å². The summed E-state index contributed by atoms with van der Waals surface area (Å²) in [6, 6.07) is 8.45. The van der Waals surface area contributed by atoms with Crippen molar-refractivity contribution in [2.45, 2.75) is 12.3 Å². The molecular weight excluding hydrogens is 208 g/mol. The number of rotatable bonds is 3. The molecule has 0 spiro atoms. The minimum atomic E-state index is 0. The standard InChI is InChI=1S/C12H13O.Ti/c1-13-9-8-11-7-6-10-4-2-3-5-12(10)11;/h2-6,11H,8-9H2,1H3;/q-1;. The SMILES string of the molecule is COCCC1[C-]=Cc2ccccc21.[Ti]. The van der Waals surface area contributed by atoms with Gasteiger partial charge in [0.1, 0.15) is 0 Å². The number of ether oxygens (including phenoxy) is 1. The molecule has 1 aromatic carbocycles. The quantitative estimate of drug-likeness (QED) is 0.563. The molecule has 0 fully saturated rings. The van der Waals surface area contributed by atoms with E-state index >= 15 is 0 Å². The van der Waals surface area contributed by atoms with Crippen molar-refractivity contribution >= 4 is 6.08 Å². The van der Waals surface area contributed by atoms with Crippen LogP contribution in [0.1, 0.15) is 23.5 Å². The van der Waals surface area contributed by atoms with Gasteiger partial charge in [-0.05, 0) is 6.42 Å². The molecule has 0 heterocycles. The summed E-state index contributed by atoms with van der Waals surface area (Å²) in [6.07, 6.45) is 6.46. The first-order chi connectivity index (χ1) is 6.42. The fourth-order valence-electron chi connectivity index (χ4n) is 1.71. The molecule has 14 heavy (non-hydrogen) atoms. The van der Waals surface area contributed by atoms with E-state index in [-0.39, 0.29) is 21.7 Å². The van der Waals surface area contributed by atoms with Gasteiger partial charge in [-0.25, -0.2) is 6.08 Å². The molecule has 0 radical (unpaired) electrons. The first kappa shape index (κ1) is 11.7. The van der Waals surface area contributed by atoms with E-state index in [0.717, 1.165) is 13.0 Å². The van der Waals surface area contributed by atoms with E-state index in [2.05, 4.69) is 36.4 Å². The third-order valence-corrected chi connectivity index (χ3v) is 2.42. The molecule has 0 bridgehead atoms. The smallest absolute Gasteiger partial charge is 0.0455 e. The van der Waals surface area contributed by atoms with Crippen LogP contribution < -0.4 is 0 Å². The minimum Gasteiger partial charge on any atom is -0.385 e. The Kier molecular flexibility index (Phi) is 4.60. The van der Waals surface area contributed by atoms with Gasteiger partial charge >= 0.3 is 0 Å². The first-order valence-corrected chi connectivity index (χ1v) is 4.59. The molecule has 0 aliphatic heterocycles. The van der Waals surface area contributed by atoms with Crippen molar-refractivity contribution in [3.8, 4) is 0 Å². The van der Waals surface area contributed by atoms with E-state index in [0.29, 0.717) is 5.92 Å². The van der Waals surface area contributed by atoms with Crippen molar-refractivity contribution in [3.05, 3.63) is 41.5 Å². The van der Waals surface area contributed by atoms with Crippen LogP contribution in [0.4, 0.5) is 0 Å². The number of allylic oxidation sites excluding steroid dienone is 1. The van der Waals surface area contributed by atoms with Crippen molar-refractivity contribution in [2.75, 3.05) is 13.7 Å². The van der Waals surface area contributed by atoms with E-state index in [4.69, 9.17) is 4.74 Å². The maximum absolute atomic E-state index is 5.06. The van der Waals surface area contributed by atoms with Gasteiger partial charge in [0.25, 0.3) is 0 Å². The zero-order valence-corrected chi connectivity index (χ0v) is 9.85. The summed E-state index contributed by atoms with van der Waals surface area (Å²) in [5.41, 5.74) is 2.70. The minimum absolute atomic E-state index is 0. The molecule has 1 nitrogen and oxygen atoms in total. The van der Waals surface area contributed by atoms with Gasteiger partial charge in [-0.2, -0.15) is 5.56 Å². The van der Waals surface area contributed by atoms with E-state index in [1.807, 2.05) is 0 Å². The van der Waals surface area contributed by atoms with Gasteiger partial charge in [0, 0.05) is 35.4 Å². The third kappa shape index (κ3) is 2.36. The second-order valence-electron chi connectivity index (χ2n) is 3.27. The summed E-state index contributed by atoms with van der Waals surface area (Å²) < 4.78 is 5.06. The van der Waals surface area contributed by atoms with Crippen LogP contribution in [0, 0.1) is 6.08 Å². The Morgan fingerprint density at radius 2 is 2.14 bits per heavy atom. The fraction of sp³-hybridized carbons (Fsp3) is 0.333. The summed E-state index contributed by atoms with van der Waals surface area (Å²) in [7, 11) is 1.74. The molecule has 0 aromatic heterocycles. The second kappa shape index (κ2) is 5.50. The summed E-state index contributed by atoms with van der Waals surface area (Å²) in [5.74, 6) is 0.441. The van der Waals surface area contributed by atoms with Gasteiger partial charge < -0.3 is 4.74 Å². The maximum atomic E-state index is 5.06. The largest absolute Gasteiger partial charge is 0.385 e. The molecule has 2 rings (SSSR count). The summed E-state index contributed by atoms with van der Waals surface area (Å²) in [6.45, 7) is 0.805. The molecule has 0 amide bonds. The van der Waals surface area contributed by atoms with Crippen LogP contribution in [-0.4, -0.2) is 13.7 Å². The molecule has 0 N–H and O–H groups in total. The number of hydrogen-bond donors (Lipinski definition) is 0. The third-order valence-electron chi connectivity index (χ3n) is 2.42. The molecular formula is C12H13OTi-. The number of methoxy groups -OCH3 is 1. The Labute approximate surface area is 100 Å². The number of fused-ring (bicyclic) bond motifs is 1. The van der Waals surface area contributed by atoms with Gasteiger partial charge in [0.05, 0.1) is 0 Å². The zero-order valence-electron chi connectivity index (χ0n) is 8.29. The predicted octanol–water partition coefficient (Wildman–Crippen LogP) is 2.63. The second-order valence-corrected chi connectivity index (χ2v) is 3.27. The summed E-state index contributed by atoms with van der Waals surface area (Å²) in [4.78, 5) is 0. The van der Waals surface area contributed by atoms with E-state index in [9.17, 15) is 0 Å². The van der Waals surface area contributed by atoms with Crippen molar-refractivity contribution in [3.63, 3.8) is 0 Å². The van der Waals surface area contributed by atoms with Crippen molar-refractivity contribution in [1.29, 1.82) is 0 Å². The molecule has 0 saturated carbocycles. The summed E-state index contributed by atoms with van der Waals surface area (Å²) in [5, 5.41) is 0. The molecule has 1 unspecified atom stereocenters. The van der Waals surface area contributed by atoms with Crippen LogP contribution in [0.15, 0.2) is 24.3 Å². The van der Waals surface area contributed by atoms with Crippen molar-refractivity contribution in [2.24, 2.45) is 0 Å². The van der Waals surface area contributed by atoms with Gasteiger partial charge in [-0.1, -0.05) is 24.1 Å². The van der Waals surface area contributed by atoms with Crippen LogP contribution in [0.3, 0.4) is 0 Å². The Morgan fingerprint density at radius 3 is 2.93 bits per heavy atom. The summed E-state index contributed by atoms with van der Waals surface area (Å²) >= 11 is 0. The Hall–Kier alpha value is -0.366. The van der Waals surface area contributed by atoms with E-state index in [1.54, 1.807) is 7.11 Å². The Balaban J connectivity index is 0.000000980. The van der Waals surface area contributed by atoms with E-state index < -0.39 is 0 Å². The fourth-order valence-corrected chi connectivity index (χ4v) is 1.71. The van der Waals surface area contributed by atoms with Gasteiger partial charge in [-0.3, -0.25) is 6.08 Å². The average molecular weight is 221 g/mol.